The van der Waals surface area contributed by atoms with E-state index in [0.29, 0.717) is 24.1 Å². The zero-order chi connectivity index (χ0) is 13.8. The van der Waals surface area contributed by atoms with Crippen molar-refractivity contribution in [1.82, 2.24) is 9.97 Å². The Labute approximate surface area is 115 Å². The maximum atomic E-state index is 13.3. The van der Waals surface area contributed by atoms with Gasteiger partial charge in [-0.15, -0.1) is 0 Å². The average molecular weight is 282 g/mol. The predicted molar refractivity (Wildman–Crippen MR) is 72.4 cm³/mol. The van der Waals surface area contributed by atoms with Crippen LogP contribution >= 0.6 is 11.6 Å². The molecule has 0 aliphatic carbocycles. The minimum absolute atomic E-state index is 0.0551. The van der Waals surface area contributed by atoms with Crippen molar-refractivity contribution in [1.29, 1.82) is 0 Å². The van der Waals surface area contributed by atoms with Gasteiger partial charge in [0.05, 0.1) is 5.02 Å². The molecule has 4 nitrogen and oxygen atoms in total. The van der Waals surface area contributed by atoms with Gasteiger partial charge in [0.2, 0.25) is 11.8 Å². The quantitative estimate of drug-likeness (QED) is 0.926. The van der Waals surface area contributed by atoms with Gasteiger partial charge in [-0.05, 0) is 26.0 Å². The number of nitrogens with one attached hydrogen (secondary N) is 1. The second kappa shape index (κ2) is 5.84. The first kappa shape index (κ1) is 13.5. The number of rotatable bonds is 4. The number of hydrogen-bond acceptors (Lipinski definition) is 4. The summed E-state index contributed by atoms with van der Waals surface area (Å²) in [5, 5.41) is 3.05. The normalized spacial score (nSPS) is 10.3. The lowest BCUT2D eigenvalue weighted by Gasteiger charge is -2.08. The van der Waals surface area contributed by atoms with Crippen LogP contribution in [0, 0.1) is 12.7 Å². The predicted octanol–water partition coefficient (Wildman–Crippen LogP) is 3.80. The van der Waals surface area contributed by atoms with Gasteiger partial charge in [-0.1, -0.05) is 11.6 Å². The van der Waals surface area contributed by atoms with E-state index in [0.717, 1.165) is 5.69 Å². The Kier molecular flexibility index (Phi) is 4.16. The summed E-state index contributed by atoms with van der Waals surface area (Å²) in [7, 11) is 0. The van der Waals surface area contributed by atoms with E-state index < -0.39 is 5.82 Å². The van der Waals surface area contributed by atoms with Crippen molar-refractivity contribution in [3.63, 3.8) is 0 Å². The zero-order valence-corrected chi connectivity index (χ0v) is 11.3. The fraction of sp³-hybridized carbons (Fsp3) is 0.231. The SMILES string of the molecule is CCNc1nc(C)cc(Oc2ccc(Cl)c(F)c2)n1. The van der Waals surface area contributed by atoms with Gasteiger partial charge in [-0.25, -0.2) is 9.37 Å². The van der Waals surface area contributed by atoms with Crippen molar-refractivity contribution in [2.75, 3.05) is 11.9 Å². The van der Waals surface area contributed by atoms with Crippen LogP contribution in [0.5, 0.6) is 11.6 Å². The van der Waals surface area contributed by atoms with Crippen LogP contribution in [-0.2, 0) is 0 Å². The van der Waals surface area contributed by atoms with Crippen LogP contribution in [0.2, 0.25) is 5.02 Å². The molecule has 100 valence electrons. The molecular formula is C13H13ClFN3O. The summed E-state index contributed by atoms with van der Waals surface area (Å²) in [6.45, 7) is 4.48. The maximum Gasteiger partial charge on any atom is 0.226 e. The first-order valence-corrected chi connectivity index (χ1v) is 6.18. The lowest BCUT2D eigenvalue weighted by atomic mass is 10.3. The molecule has 2 rings (SSSR count). The van der Waals surface area contributed by atoms with Gasteiger partial charge in [0.1, 0.15) is 11.6 Å². The van der Waals surface area contributed by atoms with Gasteiger partial charge < -0.3 is 10.1 Å². The Balaban J connectivity index is 2.24. The Bertz CT molecular complexity index is 592. The van der Waals surface area contributed by atoms with E-state index in [-0.39, 0.29) is 5.02 Å². The van der Waals surface area contributed by atoms with Gasteiger partial charge in [0, 0.05) is 24.4 Å². The van der Waals surface area contributed by atoms with Gasteiger partial charge in [-0.2, -0.15) is 4.98 Å². The fourth-order valence-corrected chi connectivity index (χ4v) is 1.61. The lowest BCUT2D eigenvalue weighted by molar-refractivity contribution is 0.457. The standard InChI is InChI=1S/C13H13ClFN3O/c1-3-16-13-17-8(2)6-12(18-13)19-9-4-5-10(14)11(15)7-9/h4-7H,3H2,1-2H3,(H,16,17,18). The van der Waals surface area contributed by atoms with E-state index >= 15 is 0 Å². The van der Waals surface area contributed by atoms with E-state index in [1.807, 2.05) is 13.8 Å². The third-order valence-corrected chi connectivity index (χ3v) is 2.59. The number of anilines is 1. The highest BCUT2D eigenvalue weighted by Crippen LogP contribution is 2.25. The topological polar surface area (TPSA) is 47.0 Å². The molecular weight excluding hydrogens is 269 g/mol. The number of aryl methyl sites for hydroxylation is 1. The van der Waals surface area contributed by atoms with Gasteiger partial charge in [0.15, 0.2) is 0 Å². The van der Waals surface area contributed by atoms with Crippen molar-refractivity contribution in [2.45, 2.75) is 13.8 Å². The van der Waals surface area contributed by atoms with E-state index in [2.05, 4.69) is 15.3 Å². The molecule has 0 saturated heterocycles. The molecule has 0 saturated carbocycles. The summed E-state index contributed by atoms with van der Waals surface area (Å²) in [4.78, 5) is 8.37. The minimum atomic E-state index is -0.531. The van der Waals surface area contributed by atoms with Gasteiger partial charge in [0.25, 0.3) is 0 Å². The summed E-state index contributed by atoms with van der Waals surface area (Å²) in [6.07, 6.45) is 0. The van der Waals surface area contributed by atoms with E-state index in [1.54, 1.807) is 12.1 Å². The van der Waals surface area contributed by atoms with Crippen LogP contribution in [0.3, 0.4) is 0 Å². The van der Waals surface area contributed by atoms with Crippen LogP contribution in [0.15, 0.2) is 24.3 Å². The van der Waals surface area contributed by atoms with Crippen LogP contribution in [0.1, 0.15) is 12.6 Å². The molecule has 0 aliphatic rings. The molecule has 0 atom stereocenters. The second-order valence-corrected chi connectivity index (χ2v) is 4.29. The first-order valence-electron chi connectivity index (χ1n) is 5.81. The average Bonchev–Trinajstić information content (AvgIpc) is 2.33. The molecule has 1 N–H and O–H groups in total. The third-order valence-electron chi connectivity index (χ3n) is 2.28. The molecule has 2 aromatic rings. The highest BCUT2D eigenvalue weighted by atomic mass is 35.5. The van der Waals surface area contributed by atoms with Crippen LogP contribution in [0.4, 0.5) is 10.3 Å². The van der Waals surface area contributed by atoms with Gasteiger partial charge in [-0.3, -0.25) is 0 Å². The fourth-order valence-electron chi connectivity index (χ4n) is 1.49. The molecule has 0 fully saturated rings. The molecule has 19 heavy (non-hydrogen) atoms. The first-order chi connectivity index (χ1) is 9.08. The summed E-state index contributed by atoms with van der Waals surface area (Å²) in [5.41, 5.74) is 0.760. The number of aromatic nitrogens is 2. The lowest BCUT2D eigenvalue weighted by Crippen LogP contribution is -2.04. The van der Waals surface area contributed by atoms with Crippen molar-refractivity contribution in [3.05, 3.63) is 40.8 Å². The van der Waals surface area contributed by atoms with E-state index in [4.69, 9.17) is 16.3 Å². The Morgan fingerprint density at radius 3 is 2.79 bits per heavy atom. The monoisotopic (exact) mass is 281 g/mol. The van der Waals surface area contributed by atoms with Crippen molar-refractivity contribution in [3.8, 4) is 11.6 Å². The Hall–Kier alpha value is -1.88. The molecule has 0 amide bonds. The molecule has 6 heteroatoms. The van der Waals surface area contributed by atoms with E-state index in [1.165, 1.54) is 12.1 Å². The zero-order valence-electron chi connectivity index (χ0n) is 10.6. The van der Waals surface area contributed by atoms with Crippen molar-refractivity contribution in [2.24, 2.45) is 0 Å². The molecule has 1 heterocycles. The minimum Gasteiger partial charge on any atom is -0.439 e. The maximum absolute atomic E-state index is 13.3. The number of ether oxygens (including phenoxy) is 1. The van der Waals surface area contributed by atoms with E-state index in [9.17, 15) is 4.39 Å². The highest BCUT2D eigenvalue weighted by Gasteiger charge is 2.06. The molecule has 0 bridgehead atoms. The van der Waals surface area contributed by atoms with Crippen molar-refractivity contribution < 1.29 is 9.13 Å². The Morgan fingerprint density at radius 2 is 2.11 bits per heavy atom. The number of halogens is 2. The van der Waals surface area contributed by atoms with Crippen LogP contribution < -0.4 is 10.1 Å². The van der Waals surface area contributed by atoms with Crippen molar-refractivity contribution >= 4 is 17.5 Å². The summed E-state index contributed by atoms with van der Waals surface area (Å²) >= 11 is 5.61. The number of hydrogen-bond donors (Lipinski definition) is 1. The molecule has 0 aliphatic heterocycles. The highest BCUT2D eigenvalue weighted by molar-refractivity contribution is 6.30. The van der Waals surface area contributed by atoms with Crippen LogP contribution in [-0.4, -0.2) is 16.5 Å². The third kappa shape index (κ3) is 3.54. The summed E-state index contributed by atoms with van der Waals surface area (Å²) in [6, 6.07) is 5.90. The molecule has 1 aromatic heterocycles. The Morgan fingerprint density at radius 1 is 1.32 bits per heavy atom. The summed E-state index contributed by atoms with van der Waals surface area (Å²) in [5.74, 6) is 0.636. The molecule has 1 aromatic carbocycles. The second-order valence-electron chi connectivity index (χ2n) is 3.88. The molecule has 0 radical (unpaired) electrons. The summed E-state index contributed by atoms with van der Waals surface area (Å²) < 4.78 is 18.8. The van der Waals surface area contributed by atoms with Gasteiger partial charge >= 0.3 is 0 Å². The molecule has 0 unspecified atom stereocenters. The molecule has 0 spiro atoms. The largest absolute Gasteiger partial charge is 0.439 e. The van der Waals surface area contributed by atoms with Crippen LogP contribution in [0.25, 0.3) is 0 Å². The number of nitrogens with zero attached hydrogens (tertiary/aromatic N) is 2. The smallest absolute Gasteiger partial charge is 0.226 e. The number of benzene rings is 1.